The maximum absolute atomic E-state index is 10.7. The van der Waals surface area contributed by atoms with E-state index in [1.54, 1.807) is 11.3 Å². The zero-order chi connectivity index (χ0) is 14.7. The largest absolute Gasteiger partial charge is 0.481 e. The molecular weight excluding hydrogens is 326 g/mol. The standard InChI is InChI=1S/C14H19NO3S3/c16-12(17)7-10-9-20-13(15-10)21-11-1-4-18-14(8-11)2-5-19-6-3-14/h9,11H,1-8H2,(H,16,17). The van der Waals surface area contributed by atoms with E-state index in [1.165, 1.54) is 11.5 Å². The van der Waals surface area contributed by atoms with Gasteiger partial charge in [-0.1, -0.05) is 11.8 Å². The van der Waals surface area contributed by atoms with E-state index < -0.39 is 5.97 Å². The smallest absolute Gasteiger partial charge is 0.309 e. The van der Waals surface area contributed by atoms with Crippen LogP contribution in [0.2, 0.25) is 0 Å². The van der Waals surface area contributed by atoms with E-state index >= 15 is 0 Å². The summed E-state index contributed by atoms with van der Waals surface area (Å²) < 4.78 is 7.11. The summed E-state index contributed by atoms with van der Waals surface area (Å²) in [7, 11) is 0. The molecule has 0 bridgehead atoms. The highest BCUT2D eigenvalue weighted by atomic mass is 32.2. The fourth-order valence-corrected chi connectivity index (χ4v) is 6.51. The molecule has 1 aromatic rings. The number of thiazole rings is 1. The van der Waals surface area contributed by atoms with E-state index in [4.69, 9.17) is 9.84 Å². The van der Waals surface area contributed by atoms with Gasteiger partial charge in [-0.15, -0.1) is 11.3 Å². The predicted octanol–water partition coefficient (Wildman–Crippen LogP) is 3.31. The van der Waals surface area contributed by atoms with Crippen LogP contribution in [0.4, 0.5) is 0 Å². The lowest BCUT2D eigenvalue weighted by atomic mass is 9.88. The fraction of sp³-hybridized carbons (Fsp3) is 0.714. The van der Waals surface area contributed by atoms with E-state index in [-0.39, 0.29) is 12.0 Å². The molecule has 7 heteroatoms. The van der Waals surface area contributed by atoms with Crippen molar-refractivity contribution in [1.29, 1.82) is 0 Å². The van der Waals surface area contributed by atoms with Crippen molar-refractivity contribution >= 4 is 40.8 Å². The first-order chi connectivity index (χ1) is 10.2. The average Bonchev–Trinajstić information content (AvgIpc) is 2.86. The van der Waals surface area contributed by atoms with Gasteiger partial charge >= 0.3 is 5.97 Å². The summed E-state index contributed by atoms with van der Waals surface area (Å²) >= 11 is 5.40. The Kier molecular flexibility index (Phi) is 5.14. The number of aromatic nitrogens is 1. The molecule has 1 spiro atoms. The Morgan fingerprint density at radius 2 is 2.33 bits per heavy atom. The Morgan fingerprint density at radius 1 is 1.52 bits per heavy atom. The molecule has 21 heavy (non-hydrogen) atoms. The molecule has 2 saturated heterocycles. The molecule has 0 amide bonds. The first kappa shape index (κ1) is 15.6. The molecule has 3 rings (SSSR count). The number of carboxylic acid groups (broad SMARTS) is 1. The summed E-state index contributed by atoms with van der Waals surface area (Å²) in [6.45, 7) is 0.843. The third-order valence-electron chi connectivity index (χ3n) is 3.98. The van der Waals surface area contributed by atoms with Gasteiger partial charge < -0.3 is 9.84 Å². The molecule has 1 unspecified atom stereocenters. The van der Waals surface area contributed by atoms with Gasteiger partial charge in [0.15, 0.2) is 0 Å². The molecule has 1 N–H and O–H groups in total. The van der Waals surface area contributed by atoms with Gasteiger partial charge in [0.05, 0.1) is 17.7 Å². The van der Waals surface area contributed by atoms with Gasteiger partial charge in [0.25, 0.3) is 0 Å². The first-order valence-corrected chi connectivity index (χ1v) is 10.1. The summed E-state index contributed by atoms with van der Waals surface area (Å²) in [6, 6.07) is 0. The molecule has 4 nitrogen and oxygen atoms in total. The molecule has 0 aliphatic carbocycles. The summed E-state index contributed by atoms with van der Waals surface area (Å²) in [5.74, 6) is 1.59. The van der Waals surface area contributed by atoms with Gasteiger partial charge in [-0.25, -0.2) is 4.98 Å². The predicted molar refractivity (Wildman–Crippen MR) is 87.6 cm³/mol. The topological polar surface area (TPSA) is 59.4 Å². The Labute approximate surface area is 137 Å². The molecule has 0 aromatic carbocycles. The second-order valence-corrected chi connectivity index (χ2v) is 9.18. The number of hydrogen-bond donors (Lipinski definition) is 1. The second kappa shape index (κ2) is 6.89. The van der Waals surface area contributed by atoms with Crippen LogP contribution in [0.3, 0.4) is 0 Å². The molecular formula is C14H19NO3S3. The Hall–Kier alpha value is -0.240. The van der Waals surface area contributed by atoms with Crippen molar-refractivity contribution in [2.24, 2.45) is 0 Å². The van der Waals surface area contributed by atoms with E-state index in [1.807, 2.05) is 28.9 Å². The molecule has 0 saturated carbocycles. The minimum Gasteiger partial charge on any atom is -0.481 e. The quantitative estimate of drug-likeness (QED) is 0.903. The van der Waals surface area contributed by atoms with Crippen molar-refractivity contribution in [3.8, 4) is 0 Å². The molecule has 0 radical (unpaired) electrons. The second-order valence-electron chi connectivity index (χ2n) is 5.55. The lowest BCUT2D eigenvalue weighted by Gasteiger charge is -2.42. The fourth-order valence-electron chi connectivity index (χ4n) is 2.90. The summed E-state index contributed by atoms with van der Waals surface area (Å²) in [6.07, 6.45) is 4.51. The van der Waals surface area contributed by atoms with Crippen LogP contribution in [-0.4, -0.2) is 45.0 Å². The van der Waals surface area contributed by atoms with Crippen molar-refractivity contribution in [3.63, 3.8) is 0 Å². The number of ether oxygens (including phenoxy) is 1. The van der Waals surface area contributed by atoms with Gasteiger partial charge in [0, 0.05) is 17.2 Å². The lowest BCUT2D eigenvalue weighted by molar-refractivity contribution is -0.136. The Morgan fingerprint density at radius 3 is 3.10 bits per heavy atom. The number of carbonyl (C=O) groups is 1. The van der Waals surface area contributed by atoms with Crippen molar-refractivity contribution in [2.45, 2.75) is 47.3 Å². The third kappa shape index (κ3) is 4.15. The number of hydrogen-bond acceptors (Lipinski definition) is 6. The Bertz CT molecular complexity index is 494. The third-order valence-corrected chi connectivity index (χ3v) is 7.26. The number of carboxylic acids is 1. The van der Waals surface area contributed by atoms with Gasteiger partial charge in [-0.3, -0.25) is 4.79 Å². The highest BCUT2D eigenvalue weighted by molar-refractivity contribution is 8.01. The van der Waals surface area contributed by atoms with Crippen LogP contribution in [0, 0.1) is 0 Å². The van der Waals surface area contributed by atoms with E-state index in [9.17, 15) is 4.79 Å². The number of aliphatic carboxylic acids is 1. The molecule has 2 fully saturated rings. The van der Waals surface area contributed by atoms with Crippen LogP contribution < -0.4 is 0 Å². The highest BCUT2D eigenvalue weighted by Crippen LogP contribution is 2.43. The van der Waals surface area contributed by atoms with E-state index in [2.05, 4.69) is 4.98 Å². The summed E-state index contributed by atoms with van der Waals surface area (Å²) in [5.41, 5.74) is 0.772. The van der Waals surface area contributed by atoms with E-state index in [0.29, 0.717) is 10.9 Å². The molecule has 2 aliphatic rings. The van der Waals surface area contributed by atoms with Crippen LogP contribution in [0.25, 0.3) is 0 Å². The monoisotopic (exact) mass is 345 g/mol. The molecule has 2 aliphatic heterocycles. The first-order valence-electron chi connectivity index (χ1n) is 7.20. The molecule has 116 valence electrons. The summed E-state index contributed by atoms with van der Waals surface area (Å²) in [5, 5.41) is 11.2. The van der Waals surface area contributed by atoms with Gasteiger partial charge in [-0.2, -0.15) is 11.8 Å². The van der Waals surface area contributed by atoms with Crippen LogP contribution in [-0.2, 0) is 16.0 Å². The number of rotatable bonds is 4. The number of thioether (sulfide) groups is 2. The van der Waals surface area contributed by atoms with Gasteiger partial charge in [0.2, 0.25) is 0 Å². The summed E-state index contributed by atoms with van der Waals surface area (Å²) in [4.78, 5) is 15.1. The van der Waals surface area contributed by atoms with Crippen LogP contribution in [0.5, 0.6) is 0 Å². The zero-order valence-electron chi connectivity index (χ0n) is 11.7. The molecule has 1 aromatic heterocycles. The molecule has 1 atom stereocenters. The van der Waals surface area contributed by atoms with E-state index in [0.717, 1.165) is 36.6 Å². The Balaban J connectivity index is 1.59. The SMILES string of the molecule is O=C(O)Cc1csc(SC2CCOC3(CCSCC3)C2)n1. The maximum atomic E-state index is 10.7. The highest BCUT2D eigenvalue weighted by Gasteiger charge is 2.39. The average molecular weight is 346 g/mol. The normalized spacial score (nSPS) is 25.0. The minimum absolute atomic E-state index is 0.0198. The zero-order valence-corrected chi connectivity index (χ0v) is 14.2. The van der Waals surface area contributed by atoms with Gasteiger partial charge in [0.1, 0.15) is 4.34 Å². The lowest BCUT2D eigenvalue weighted by Crippen LogP contribution is -2.43. The van der Waals surface area contributed by atoms with Gasteiger partial charge in [-0.05, 0) is 37.2 Å². The maximum Gasteiger partial charge on any atom is 0.309 e. The van der Waals surface area contributed by atoms with Crippen molar-refractivity contribution < 1.29 is 14.6 Å². The van der Waals surface area contributed by atoms with Crippen LogP contribution in [0.1, 0.15) is 31.4 Å². The minimum atomic E-state index is -0.818. The van der Waals surface area contributed by atoms with Crippen LogP contribution in [0.15, 0.2) is 9.72 Å². The van der Waals surface area contributed by atoms with Crippen LogP contribution >= 0.6 is 34.9 Å². The van der Waals surface area contributed by atoms with Crippen molar-refractivity contribution in [1.82, 2.24) is 4.98 Å². The van der Waals surface area contributed by atoms with Crippen molar-refractivity contribution in [3.05, 3.63) is 11.1 Å². The molecule has 3 heterocycles. The number of nitrogens with zero attached hydrogens (tertiary/aromatic N) is 1. The van der Waals surface area contributed by atoms with Crippen molar-refractivity contribution in [2.75, 3.05) is 18.1 Å².